The molecule has 0 saturated heterocycles. The topological polar surface area (TPSA) is 51.8 Å². The van der Waals surface area contributed by atoms with Crippen LogP contribution in [0.5, 0.6) is 11.5 Å². The first kappa shape index (κ1) is 14.0. The highest BCUT2D eigenvalue weighted by atomic mass is 16.5. The van der Waals surface area contributed by atoms with Gasteiger partial charge in [-0.1, -0.05) is 13.0 Å². The zero-order valence-corrected chi connectivity index (χ0v) is 12.5. The minimum absolute atomic E-state index is 0.511. The van der Waals surface area contributed by atoms with Gasteiger partial charge in [0.25, 0.3) is 0 Å². The maximum Gasteiger partial charge on any atom is 0.161 e. The van der Waals surface area contributed by atoms with Crippen LogP contribution >= 0.6 is 0 Å². The fourth-order valence-corrected chi connectivity index (χ4v) is 2.62. The molecule has 1 fully saturated rings. The van der Waals surface area contributed by atoms with Crippen LogP contribution in [0.1, 0.15) is 42.5 Å². The lowest BCUT2D eigenvalue weighted by molar-refractivity contribution is 0.186. The molecular formula is C17H20O4. The first-order valence-electron chi connectivity index (χ1n) is 7.13. The van der Waals surface area contributed by atoms with E-state index < -0.39 is 6.10 Å². The van der Waals surface area contributed by atoms with E-state index in [2.05, 4.69) is 6.92 Å². The average molecular weight is 288 g/mol. The molecule has 1 saturated carbocycles. The zero-order chi connectivity index (χ0) is 15.0. The quantitative estimate of drug-likeness (QED) is 0.915. The molecule has 4 heteroatoms. The van der Waals surface area contributed by atoms with E-state index in [1.165, 1.54) is 6.42 Å². The molecule has 3 unspecified atom stereocenters. The second kappa shape index (κ2) is 5.45. The van der Waals surface area contributed by atoms with Gasteiger partial charge in [0.2, 0.25) is 0 Å². The Balaban J connectivity index is 1.84. The van der Waals surface area contributed by atoms with Crippen LogP contribution in [-0.4, -0.2) is 19.3 Å². The van der Waals surface area contributed by atoms with E-state index in [0.717, 1.165) is 11.3 Å². The molecule has 1 aliphatic rings. The number of hydrogen-bond acceptors (Lipinski definition) is 4. The molecular weight excluding hydrogens is 268 g/mol. The van der Waals surface area contributed by atoms with E-state index in [1.54, 1.807) is 26.4 Å². The normalized spacial score (nSPS) is 21.9. The molecule has 1 aliphatic carbocycles. The summed E-state index contributed by atoms with van der Waals surface area (Å²) in [5, 5.41) is 10.5. The number of rotatable bonds is 5. The number of furan rings is 1. The number of methoxy groups -OCH3 is 2. The molecule has 3 atom stereocenters. The first-order chi connectivity index (χ1) is 10.1. The largest absolute Gasteiger partial charge is 0.493 e. The van der Waals surface area contributed by atoms with Crippen LogP contribution in [-0.2, 0) is 0 Å². The predicted octanol–water partition coefficient (Wildman–Crippen LogP) is 3.50. The Bertz CT molecular complexity index is 631. The Morgan fingerprint density at radius 2 is 1.86 bits per heavy atom. The van der Waals surface area contributed by atoms with Gasteiger partial charge in [-0.3, -0.25) is 0 Å². The van der Waals surface area contributed by atoms with Gasteiger partial charge < -0.3 is 19.0 Å². The van der Waals surface area contributed by atoms with E-state index >= 15 is 0 Å². The summed E-state index contributed by atoms with van der Waals surface area (Å²) < 4.78 is 16.3. The lowest BCUT2D eigenvalue weighted by atomic mass is 10.1. The molecule has 1 aromatic carbocycles. The Morgan fingerprint density at radius 3 is 2.48 bits per heavy atom. The lowest BCUT2D eigenvalue weighted by Gasteiger charge is -2.12. The summed E-state index contributed by atoms with van der Waals surface area (Å²) in [4.78, 5) is 0. The predicted molar refractivity (Wildman–Crippen MR) is 78.8 cm³/mol. The van der Waals surface area contributed by atoms with Gasteiger partial charge >= 0.3 is 0 Å². The Kier molecular flexibility index (Phi) is 3.64. The number of aliphatic hydroxyl groups is 1. The van der Waals surface area contributed by atoms with Crippen molar-refractivity contribution in [3.63, 3.8) is 0 Å². The third-order valence-corrected chi connectivity index (χ3v) is 4.12. The highest BCUT2D eigenvalue weighted by molar-refractivity contribution is 5.44. The second-order valence-electron chi connectivity index (χ2n) is 5.58. The molecule has 0 bridgehead atoms. The van der Waals surface area contributed by atoms with Gasteiger partial charge in [0, 0.05) is 5.92 Å². The molecule has 4 nitrogen and oxygen atoms in total. The lowest BCUT2D eigenvalue weighted by Crippen LogP contribution is -1.99. The van der Waals surface area contributed by atoms with Gasteiger partial charge in [0.15, 0.2) is 11.5 Å². The summed E-state index contributed by atoms with van der Waals surface area (Å²) in [5.74, 6) is 3.96. The highest BCUT2D eigenvalue weighted by Crippen LogP contribution is 2.48. The Hall–Kier alpha value is -1.94. The van der Waals surface area contributed by atoms with Crippen LogP contribution in [0.2, 0.25) is 0 Å². The SMILES string of the molecule is COc1ccc(C(O)c2ccc(C3CC3C)o2)cc1OC. The minimum Gasteiger partial charge on any atom is -0.493 e. The number of benzene rings is 1. The van der Waals surface area contributed by atoms with Crippen molar-refractivity contribution >= 4 is 0 Å². The Morgan fingerprint density at radius 1 is 1.14 bits per heavy atom. The Labute approximate surface area is 124 Å². The van der Waals surface area contributed by atoms with Crippen molar-refractivity contribution in [2.75, 3.05) is 14.2 Å². The van der Waals surface area contributed by atoms with Crippen molar-refractivity contribution in [3.8, 4) is 11.5 Å². The van der Waals surface area contributed by atoms with Gasteiger partial charge in [-0.25, -0.2) is 0 Å². The maximum absolute atomic E-state index is 10.5. The molecule has 0 radical (unpaired) electrons. The van der Waals surface area contributed by atoms with Crippen LogP contribution in [0.25, 0.3) is 0 Å². The van der Waals surface area contributed by atoms with Crippen molar-refractivity contribution in [3.05, 3.63) is 47.4 Å². The molecule has 112 valence electrons. The smallest absolute Gasteiger partial charge is 0.161 e. The molecule has 0 spiro atoms. The van der Waals surface area contributed by atoms with Crippen LogP contribution in [0.15, 0.2) is 34.7 Å². The summed E-state index contributed by atoms with van der Waals surface area (Å²) in [6, 6.07) is 9.18. The first-order valence-corrected chi connectivity index (χ1v) is 7.13. The van der Waals surface area contributed by atoms with Crippen molar-refractivity contribution < 1.29 is 19.0 Å². The van der Waals surface area contributed by atoms with Crippen LogP contribution in [0.3, 0.4) is 0 Å². The van der Waals surface area contributed by atoms with E-state index in [0.29, 0.717) is 29.1 Å². The van der Waals surface area contributed by atoms with Crippen LogP contribution in [0.4, 0.5) is 0 Å². The summed E-state index contributed by atoms with van der Waals surface area (Å²) in [6.07, 6.45) is 0.368. The van der Waals surface area contributed by atoms with E-state index in [4.69, 9.17) is 13.9 Å². The van der Waals surface area contributed by atoms with Crippen molar-refractivity contribution in [2.45, 2.75) is 25.4 Å². The number of ether oxygens (including phenoxy) is 2. The van der Waals surface area contributed by atoms with Crippen molar-refractivity contribution in [1.82, 2.24) is 0 Å². The fourth-order valence-electron chi connectivity index (χ4n) is 2.62. The zero-order valence-electron chi connectivity index (χ0n) is 12.5. The van der Waals surface area contributed by atoms with Gasteiger partial charge in [0.05, 0.1) is 14.2 Å². The second-order valence-corrected chi connectivity index (χ2v) is 5.58. The monoisotopic (exact) mass is 288 g/mol. The maximum atomic E-state index is 10.5. The van der Waals surface area contributed by atoms with Crippen LogP contribution in [0, 0.1) is 5.92 Å². The summed E-state index contributed by atoms with van der Waals surface area (Å²) >= 11 is 0. The molecule has 0 amide bonds. The fraction of sp³-hybridized carbons (Fsp3) is 0.412. The molecule has 1 N–H and O–H groups in total. The van der Waals surface area contributed by atoms with E-state index in [1.807, 2.05) is 18.2 Å². The number of aliphatic hydroxyl groups excluding tert-OH is 1. The molecule has 21 heavy (non-hydrogen) atoms. The molecule has 1 heterocycles. The molecule has 1 aromatic heterocycles. The summed E-state index contributed by atoms with van der Waals surface area (Å²) in [7, 11) is 3.16. The van der Waals surface area contributed by atoms with Crippen molar-refractivity contribution in [2.24, 2.45) is 5.92 Å². The standard InChI is InChI=1S/C17H20O4/c1-10-8-12(10)13-6-7-15(21-13)17(18)11-4-5-14(19-2)16(9-11)20-3/h4-7,9-10,12,17-18H,8H2,1-3H3. The van der Waals surface area contributed by atoms with Gasteiger partial charge in [-0.2, -0.15) is 0 Å². The third-order valence-electron chi connectivity index (χ3n) is 4.12. The van der Waals surface area contributed by atoms with Crippen LogP contribution < -0.4 is 9.47 Å². The molecule has 0 aliphatic heterocycles. The van der Waals surface area contributed by atoms with Gasteiger partial charge in [-0.05, 0) is 42.2 Å². The summed E-state index contributed by atoms with van der Waals surface area (Å²) in [6.45, 7) is 2.21. The molecule has 3 rings (SSSR count). The average Bonchev–Trinajstić information content (AvgIpc) is 3.04. The van der Waals surface area contributed by atoms with Gasteiger partial charge in [0.1, 0.15) is 17.6 Å². The van der Waals surface area contributed by atoms with Gasteiger partial charge in [-0.15, -0.1) is 0 Å². The highest BCUT2D eigenvalue weighted by Gasteiger charge is 2.37. The van der Waals surface area contributed by atoms with Crippen molar-refractivity contribution in [1.29, 1.82) is 0 Å². The van der Waals surface area contributed by atoms with E-state index in [9.17, 15) is 5.11 Å². The minimum atomic E-state index is -0.799. The number of hydrogen-bond donors (Lipinski definition) is 1. The summed E-state index contributed by atoms with van der Waals surface area (Å²) in [5.41, 5.74) is 0.720. The third kappa shape index (κ3) is 2.63. The molecule has 2 aromatic rings. The van der Waals surface area contributed by atoms with E-state index in [-0.39, 0.29) is 0 Å².